The number of rotatable bonds is 6. The lowest BCUT2D eigenvalue weighted by Gasteiger charge is -2.31. The number of fused-ring (bicyclic) bond motifs is 12. The van der Waals surface area contributed by atoms with Crippen LogP contribution in [-0.4, -0.2) is 18.9 Å². The minimum absolute atomic E-state index is 0.320. The molecule has 3 aliphatic rings. The summed E-state index contributed by atoms with van der Waals surface area (Å²) in [4.78, 5) is 34.4. The first-order valence-corrected chi connectivity index (χ1v) is 19.8. The summed E-state index contributed by atoms with van der Waals surface area (Å²) >= 11 is 0. The fourth-order valence-electron chi connectivity index (χ4n) is 10.5. The van der Waals surface area contributed by atoms with Crippen LogP contribution in [0, 0.1) is 0 Å². The van der Waals surface area contributed by atoms with Crippen molar-refractivity contribution in [2.75, 3.05) is 0 Å². The van der Waals surface area contributed by atoms with Crippen molar-refractivity contribution in [2.24, 2.45) is 0 Å². The third kappa shape index (κ3) is 4.81. The second-order valence-corrected chi connectivity index (χ2v) is 17.6. The van der Waals surface area contributed by atoms with Crippen LogP contribution in [0.15, 0.2) is 127 Å². The summed E-state index contributed by atoms with van der Waals surface area (Å²) in [5, 5.41) is 0. The van der Waals surface area contributed by atoms with Crippen LogP contribution >= 0.6 is 0 Å². The fourth-order valence-corrected chi connectivity index (χ4v) is 10.5. The molecule has 7 aromatic rings. The molecule has 10 rings (SSSR count). The van der Waals surface area contributed by atoms with Gasteiger partial charge in [-0.15, -0.1) is 0 Å². The topological polar surface area (TPSA) is 51.2 Å². The molecule has 3 heteroatoms. The molecule has 0 aromatic heterocycles. The van der Waals surface area contributed by atoms with Crippen molar-refractivity contribution in [1.29, 1.82) is 0 Å². The van der Waals surface area contributed by atoms with Crippen molar-refractivity contribution >= 4 is 18.9 Å². The molecule has 0 saturated heterocycles. The predicted molar refractivity (Wildman–Crippen MR) is 232 cm³/mol. The lowest BCUT2D eigenvalue weighted by Crippen LogP contribution is -2.22. The molecule has 0 bridgehead atoms. The molecule has 0 unspecified atom stereocenters. The molecule has 0 heterocycles. The number of aldehydes is 3. The quantitative estimate of drug-likeness (QED) is 0.160. The third-order valence-electron chi connectivity index (χ3n) is 13.4. The molecule has 0 atom stereocenters. The van der Waals surface area contributed by atoms with Crippen LogP contribution in [0.25, 0.3) is 66.8 Å². The zero-order valence-corrected chi connectivity index (χ0v) is 33.1. The van der Waals surface area contributed by atoms with E-state index in [1.165, 1.54) is 66.8 Å². The lowest BCUT2D eigenvalue weighted by atomic mass is 9.71. The van der Waals surface area contributed by atoms with E-state index in [2.05, 4.69) is 96.1 Å². The smallest absolute Gasteiger partial charge is 0.150 e. The fraction of sp³-hybridized carbons (Fsp3) is 0.167. The van der Waals surface area contributed by atoms with E-state index in [1.54, 1.807) is 0 Å². The van der Waals surface area contributed by atoms with Gasteiger partial charge in [0.25, 0.3) is 0 Å². The molecule has 0 amide bonds. The first-order chi connectivity index (χ1) is 27.4. The van der Waals surface area contributed by atoms with Gasteiger partial charge in [-0.3, -0.25) is 14.4 Å². The maximum Gasteiger partial charge on any atom is 0.150 e. The number of hydrogen-bond donors (Lipinski definition) is 0. The normalized spacial score (nSPS) is 15.5. The average molecular weight is 739 g/mol. The Morgan fingerprint density at radius 2 is 0.544 bits per heavy atom. The summed E-state index contributed by atoms with van der Waals surface area (Å²) in [7, 11) is 0. The Labute approximate surface area is 334 Å². The third-order valence-corrected chi connectivity index (χ3v) is 13.4. The van der Waals surface area contributed by atoms with Crippen LogP contribution in [0.2, 0.25) is 0 Å². The van der Waals surface area contributed by atoms with Gasteiger partial charge in [0.05, 0.1) is 0 Å². The highest BCUT2D eigenvalue weighted by atomic mass is 16.1. The molecule has 276 valence electrons. The highest BCUT2D eigenvalue weighted by Crippen LogP contribution is 2.67. The van der Waals surface area contributed by atoms with Crippen molar-refractivity contribution in [3.05, 3.63) is 177 Å². The summed E-state index contributed by atoms with van der Waals surface area (Å²) < 4.78 is 0. The van der Waals surface area contributed by atoms with Gasteiger partial charge < -0.3 is 0 Å². The maximum absolute atomic E-state index is 11.5. The molecular formula is C54H42O3. The molecule has 57 heavy (non-hydrogen) atoms. The van der Waals surface area contributed by atoms with Gasteiger partial charge in [0.2, 0.25) is 0 Å². The number of carbonyl (C=O) groups excluding carboxylic acids is 3. The standard InChI is InChI=1S/C54H42O3/c1-52(2)43-25-37(34-13-7-31(28-55)8-14-34)19-22-40(43)46-49(52)47-41-23-20-38(35-15-9-32(29-56)10-16-35)26-44(41)53(3,4)51(47)48-42-24-21-39(27-45(42)54(5,6)50(46)48)36-17-11-33(30-57)12-18-36/h7-30H,1-6H3. The molecule has 3 aliphatic carbocycles. The Balaban J connectivity index is 1.25. The van der Waals surface area contributed by atoms with E-state index in [0.29, 0.717) is 16.7 Å². The number of hydrogen-bond acceptors (Lipinski definition) is 3. The Morgan fingerprint density at radius 3 is 0.772 bits per heavy atom. The van der Waals surface area contributed by atoms with E-state index in [9.17, 15) is 14.4 Å². The minimum atomic E-state index is -0.320. The molecule has 0 fully saturated rings. The molecule has 0 N–H and O–H groups in total. The SMILES string of the molecule is CC1(C)c2cc(-c3ccc(C=O)cc3)ccc2-c2c1c1c(c3c2C(C)(C)c2cc(-c4ccc(C=O)cc4)ccc2-3)C(C)(C)c2cc(-c3ccc(C=O)cc3)ccc2-1. The van der Waals surface area contributed by atoms with Gasteiger partial charge in [-0.2, -0.15) is 0 Å². The van der Waals surface area contributed by atoms with Crippen molar-refractivity contribution < 1.29 is 14.4 Å². The van der Waals surface area contributed by atoms with E-state index in [-0.39, 0.29) is 16.2 Å². The van der Waals surface area contributed by atoms with E-state index in [4.69, 9.17) is 0 Å². The van der Waals surface area contributed by atoms with Gasteiger partial charge in [0.15, 0.2) is 0 Å². The molecule has 0 spiro atoms. The van der Waals surface area contributed by atoms with Crippen molar-refractivity contribution in [2.45, 2.75) is 57.8 Å². The van der Waals surface area contributed by atoms with Gasteiger partial charge in [-0.1, -0.05) is 151 Å². The summed E-state index contributed by atoms with van der Waals surface area (Å²) in [5.41, 5.74) is 23.7. The van der Waals surface area contributed by atoms with E-state index in [0.717, 1.165) is 52.2 Å². The van der Waals surface area contributed by atoms with Crippen molar-refractivity contribution in [1.82, 2.24) is 0 Å². The van der Waals surface area contributed by atoms with Crippen LogP contribution in [0.5, 0.6) is 0 Å². The molecule has 0 radical (unpaired) electrons. The molecular weight excluding hydrogens is 697 g/mol. The number of carbonyl (C=O) groups is 3. The second-order valence-electron chi connectivity index (χ2n) is 17.6. The number of benzene rings is 7. The van der Waals surface area contributed by atoms with E-state index >= 15 is 0 Å². The predicted octanol–water partition coefficient (Wildman–Crippen LogP) is 13.0. The van der Waals surface area contributed by atoms with Gasteiger partial charge >= 0.3 is 0 Å². The van der Waals surface area contributed by atoms with E-state index < -0.39 is 0 Å². The molecule has 3 nitrogen and oxygen atoms in total. The largest absolute Gasteiger partial charge is 0.298 e. The van der Waals surface area contributed by atoms with Gasteiger partial charge in [-0.25, -0.2) is 0 Å². The highest BCUT2D eigenvalue weighted by molar-refractivity contribution is 6.05. The Morgan fingerprint density at radius 1 is 0.316 bits per heavy atom. The first-order valence-electron chi connectivity index (χ1n) is 19.8. The summed E-state index contributed by atoms with van der Waals surface area (Å²) in [6.45, 7) is 14.4. The average Bonchev–Trinajstić information content (AvgIpc) is 3.72. The molecule has 0 saturated carbocycles. The molecule has 7 aromatic carbocycles. The first kappa shape index (κ1) is 35.0. The van der Waals surface area contributed by atoms with Crippen LogP contribution < -0.4 is 0 Å². The van der Waals surface area contributed by atoms with Crippen molar-refractivity contribution in [3.8, 4) is 66.8 Å². The van der Waals surface area contributed by atoms with E-state index in [1.807, 2.05) is 72.8 Å². The second kappa shape index (κ2) is 12.0. The maximum atomic E-state index is 11.5. The zero-order chi connectivity index (χ0) is 39.6. The summed E-state index contributed by atoms with van der Waals surface area (Å²) in [5.74, 6) is 0. The minimum Gasteiger partial charge on any atom is -0.298 e. The van der Waals surface area contributed by atoms with Crippen LogP contribution in [0.4, 0.5) is 0 Å². The van der Waals surface area contributed by atoms with Gasteiger partial charge in [0, 0.05) is 32.9 Å². The van der Waals surface area contributed by atoms with Crippen LogP contribution in [-0.2, 0) is 16.2 Å². The van der Waals surface area contributed by atoms with Crippen LogP contribution in [0.3, 0.4) is 0 Å². The summed E-state index contributed by atoms with van der Waals surface area (Å²) in [6.07, 6.45) is 2.68. The Kier molecular flexibility index (Phi) is 7.38. The Bertz CT molecular complexity index is 2550. The lowest BCUT2D eigenvalue weighted by molar-refractivity contribution is 0.111. The van der Waals surface area contributed by atoms with Gasteiger partial charge in [0.1, 0.15) is 18.9 Å². The highest BCUT2D eigenvalue weighted by Gasteiger charge is 2.52. The summed E-state index contributed by atoms with van der Waals surface area (Å²) in [6, 6.07) is 44.5. The monoisotopic (exact) mass is 738 g/mol. The van der Waals surface area contributed by atoms with Gasteiger partial charge in [-0.05, 0) is 118 Å². The molecule has 0 aliphatic heterocycles. The van der Waals surface area contributed by atoms with Crippen molar-refractivity contribution in [3.63, 3.8) is 0 Å². The van der Waals surface area contributed by atoms with Crippen LogP contribution in [0.1, 0.15) is 106 Å². The Hall–Kier alpha value is -6.45. The zero-order valence-electron chi connectivity index (χ0n) is 33.1.